The molecule has 6 atom stereocenters. The number of hydrogen-bond donors (Lipinski definition) is 5. The highest BCUT2D eigenvalue weighted by Gasteiger charge is 2.51. The quantitative estimate of drug-likeness (QED) is 0.361. The minimum atomic E-state index is -2.13. The lowest BCUT2D eigenvalue weighted by Crippen LogP contribution is -2.65. The smallest absolute Gasteiger partial charge is 0.195 e. The fraction of sp³-hybridized carbons (Fsp3) is 1.00. The van der Waals surface area contributed by atoms with Crippen LogP contribution in [0, 0.1) is 0 Å². The van der Waals surface area contributed by atoms with Crippen molar-refractivity contribution in [3.63, 3.8) is 0 Å². The molecule has 5 N–H and O–H groups in total. The molecule has 0 spiro atoms. The molecule has 2 unspecified atom stereocenters. The van der Waals surface area contributed by atoms with E-state index in [0.717, 1.165) is 19.3 Å². The van der Waals surface area contributed by atoms with Crippen LogP contribution in [-0.2, 0) is 4.74 Å². The monoisotopic (exact) mass is 335 g/mol. The minimum Gasteiger partial charge on any atom is -0.394 e. The van der Waals surface area contributed by atoms with E-state index in [0.29, 0.717) is 6.42 Å². The lowest BCUT2D eigenvalue weighted by molar-refractivity contribution is -0.351. The number of aliphatic hydroxyl groups is 5. The highest BCUT2D eigenvalue weighted by Crippen LogP contribution is 2.32. The molecule has 0 radical (unpaired) electrons. The van der Waals surface area contributed by atoms with Gasteiger partial charge >= 0.3 is 0 Å². The van der Waals surface area contributed by atoms with E-state index in [1.807, 2.05) is 0 Å². The number of unbranched alkanes of at least 4 members (excludes halogenated alkanes) is 6. The van der Waals surface area contributed by atoms with Crippen molar-refractivity contribution in [2.75, 3.05) is 6.61 Å². The fourth-order valence-corrected chi connectivity index (χ4v) is 2.94. The lowest BCUT2D eigenvalue weighted by Gasteiger charge is -2.45. The third kappa shape index (κ3) is 6.29. The zero-order chi connectivity index (χ0) is 18.2. The summed E-state index contributed by atoms with van der Waals surface area (Å²) in [5, 5.41) is 49.0. The van der Waals surface area contributed by atoms with Crippen molar-refractivity contribution in [1.29, 1.82) is 0 Å². The first kappa shape index (κ1) is 19.1. The second-order valence-corrected chi connectivity index (χ2v) is 6.51. The molecule has 0 saturated carbocycles. The Morgan fingerprint density at radius 3 is 2.09 bits per heavy atom. The van der Waals surface area contributed by atoms with Crippen LogP contribution in [0.4, 0.5) is 0 Å². The van der Waals surface area contributed by atoms with Crippen LogP contribution in [0.3, 0.4) is 0 Å². The largest absolute Gasteiger partial charge is 0.394 e. The number of hydrogen-bond acceptors (Lipinski definition) is 6. The molecule has 1 heterocycles. The van der Waals surface area contributed by atoms with Gasteiger partial charge in [0.25, 0.3) is 0 Å². The van der Waals surface area contributed by atoms with Crippen LogP contribution in [0.2, 0.25) is 0 Å². The number of aliphatic hydroxyl groups excluding tert-OH is 4. The van der Waals surface area contributed by atoms with Gasteiger partial charge in [0.2, 0.25) is 0 Å². The highest BCUT2D eigenvalue weighted by molar-refractivity contribution is 4.95. The van der Waals surface area contributed by atoms with E-state index in [2.05, 4.69) is 6.92 Å². The van der Waals surface area contributed by atoms with Crippen LogP contribution in [0.1, 0.15) is 72.5 Å². The van der Waals surface area contributed by atoms with Crippen molar-refractivity contribution < 1.29 is 31.6 Å². The van der Waals surface area contributed by atoms with Crippen molar-refractivity contribution in [3.8, 4) is 0 Å². The van der Waals surface area contributed by atoms with E-state index in [1.54, 1.807) is 0 Å². The first-order valence-corrected chi connectivity index (χ1v) is 8.83. The summed E-state index contributed by atoms with van der Waals surface area (Å²) in [5.74, 6) is -2.13. The molecule has 0 aromatic carbocycles. The van der Waals surface area contributed by atoms with Gasteiger partial charge in [0.1, 0.15) is 24.4 Å². The van der Waals surface area contributed by atoms with Crippen molar-refractivity contribution in [1.82, 2.24) is 0 Å². The maximum absolute atomic E-state index is 10.4. The Morgan fingerprint density at radius 2 is 1.52 bits per heavy atom. The Balaban J connectivity index is 2.37. The predicted molar refractivity (Wildman–Crippen MR) is 86.8 cm³/mol. The van der Waals surface area contributed by atoms with Crippen LogP contribution in [0.15, 0.2) is 0 Å². The molecule has 1 aliphatic heterocycles. The zero-order valence-electron chi connectivity index (χ0n) is 15.1. The third-order valence-corrected chi connectivity index (χ3v) is 4.50. The van der Waals surface area contributed by atoms with Gasteiger partial charge in [-0.3, -0.25) is 0 Å². The molecular weight excluding hydrogens is 300 g/mol. The Hall–Kier alpha value is -0.240. The second-order valence-electron chi connectivity index (χ2n) is 6.51. The Morgan fingerprint density at radius 1 is 0.957 bits per heavy atom. The standard InChI is InChI=1S/C17H34O6/c1-2-3-4-5-6-7-8-9-10-11-17(22)16(21)15(20)14(19)13(12-18)23-17/h13-16,18-22H,2-12H2,1H3/t13-,14-,15+,16-,17?/m1/s1/i10D/t10?,13-,14-,15+,16-,17?. The predicted octanol–water partition coefficient (Wildman–Crippen LogP) is 1.07. The maximum atomic E-state index is 10.4. The van der Waals surface area contributed by atoms with Crippen molar-refractivity contribution in [2.45, 2.75) is 101 Å². The van der Waals surface area contributed by atoms with E-state index in [9.17, 15) is 20.4 Å². The molecule has 1 fully saturated rings. The molecule has 6 heteroatoms. The highest BCUT2D eigenvalue weighted by atomic mass is 16.7. The van der Waals surface area contributed by atoms with Gasteiger partial charge < -0.3 is 30.3 Å². The Labute approximate surface area is 140 Å². The summed E-state index contributed by atoms with van der Waals surface area (Å²) >= 11 is 0. The van der Waals surface area contributed by atoms with Gasteiger partial charge in [-0.25, -0.2) is 0 Å². The third-order valence-electron chi connectivity index (χ3n) is 4.50. The molecule has 23 heavy (non-hydrogen) atoms. The van der Waals surface area contributed by atoms with Crippen LogP contribution >= 0.6 is 0 Å². The normalized spacial score (nSPS) is 36.7. The first-order chi connectivity index (χ1) is 11.4. The van der Waals surface area contributed by atoms with Crippen molar-refractivity contribution >= 4 is 0 Å². The van der Waals surface area contributed by atoms with Crippen LogP contribution in [0.5, 0.6) is 0 Å². The van der Waals surface area contributed by atoms with E-state index in [-0.39, 0.29) is 6.42 Å². The van der Waals surface area contributed by atoms with Gasteiger partial charge in [0.15, 0.2) is 5.79 Å². The van der Waals surface area contributed by atoms with E-state index >= 15 is 0 Å². The van der Waals surface area contributed by atoms with Gasteiger partial charge in [0, 0.05) is 7.79 Å². The maximum Gasteiger partial charge on any atom is 0.195 e. The molecule has 138 valence electrons. The Kier molecular flexibility index (Phi) is 8.79. The summed E-state index contributed by atoms with van der Waals surface area (Å²) in [4.78, 5) is 0. The van der Waals surface area contributed by atoms with Gasteiger partial charge in [-0.15, -0.1) is 0 Å². The molecule has 0 amide bonds. The van der Waals surface area contributed by atoms with Gasteiger partial charge in [-0.2, -0.15) is 0 Å². The lowest BCUT2D eigenvalue weighted by atomic mass is 9.89. The van der Waals surface area contributed by atoms with Crippen molar-refractivity contribution in [3.05, 3.63) is 0 Å². The summed E-state index contributed by atoms with van der Waals surface area (Å²) in [6.45, 7) is 1.59. The topological polar surface area (TPSA) is 110 Å². The SMILES string of the molecule is [2H]C(CCCCCCCCC)CC1(O)O[C@H](CO)[C@@H](O)[C@H](O)[C@H]1O. The molecule has 1 rings (SSSR count). The molecule has 0 bridgehead atoms. The zero-order valence-corrected chi connectivity index (χ0v) is 14.1. The Bertz CT molecular complexity index is 343. The molecule has 0 aromatic heterocycles. The molecule has 1 saturated heterocycles. The average molecular weight is 335 g/mol. The summed E-state index contributed by atoms with van der Waals surface area (Å²) in [6, 6.07) is 0. The number of ether oxygens (including phenoxy) is 1. The van der Waals surface area contributed by atoms with E-state index in [4.69, 9.17) is 11.2 Å². The van der Waals surface area contributed by atoms with Gasteiger partial charge in [0.05, 0.1) is 6.61 Å². The van der Waals surface area contributed by atoms with Crippen LogP contribution in [-0.4, -0.2) is 62.3 Å². The molecule has 1 aliphatic rings. The first-order valence-electron chi connectivity index (χ1n) is 9.41. The van der Waals surface area contributed by atoms with Crippen molar-refractivity contribution in [2.24, 2.45) is 0 Å². The second kappa shape index (κ2) is 10.6. The number of rotatable bonds is 11. The van der Waals surface area contributed by atoms with E-state index in [1.165, 1.54) is 25.7 Å². The fourth-order valence-electron chi connectivity index (χ4n) is 2.94. The van der Waals surface area contributed by atoms with Crippen LogP contribution < -0.4 is 0 Å². The molecule has 0 aliphatic carbocycles. The minimum absolute atomic E-state index is 0.176. The molecular formula is C17H34O6. The van der Waals surface area contributed by atoms with Gasteiger partial charge in [-0.05, 0) is 6.40 Å². The summed E-state index contributed by atoms with van der Waals surface area (Å²) < 4.78 is 13.2. The molecule has 6 nitrogen and oxygen atoms in total. The summed E-state index contributed by atoms with van der Waals surface area (Å²) in [5.41, 5.74) is 0. The van der Waals surface area contributed by atoms with Gasteiger partial charge in [-0.1, -0.05) is 58.3 Å². The average Bonchev–Trinajstić information content (AvgIpc) is 2.55. The van der Waals surface area contributed by atoms with E-state index < -0.39 is 43.2 Å². The summed E-state index contributed by atoms with van der Waals surface area (Å²) in [6.07, 6.45) is 1.68. The molecule has 0 aromatic rings. The van der Waals surface area contributed by atoms with Crippen LogP contribution in [0.25, 0.3) is 0 Å². The summed E-state index contributed by atoms with van der Waals surface area (Å²) in [7, 11) is 0.